The second-order valence-corrected chi connectivity index (χ2v) is 6.78. The summed E-state index contributed by atoms with van der Waals surface area (Å²) in [5.41, 5.74) is 3.19. The predicted molar refractivity (Wildman–Crippen MR) is 96.2 cm³/mol. The molecule has 1 aromatic carbocycles. The fourth-order valence-electron chi connectivity index (χ4n) is 3.27. The lowest BCUT2D eigenvalue weighted by Gasteiger charge is -2.16. The van der Waals surface area contributed by atoms with Crippen molar-refractivity contribution >= 4 is 5.91 Å². The van der Waals surface area contributed by atoms with Crippen LogP contribution in [0.25, 0.3) is 11.1 Å². The predicted octanol–water partition coefficient (Wildman–Crippen LogP) is 3.24. The van der Waals surface area contributed by atoms with Gasteiger partial charge < -0.3 is 9.88 Å². The zero-order valence-electron chi connectivity index (χ0n) is 14.3. The molecule has 1 aliphatic heterocycles. The van der Waals surface area contributed by atoms with Crippen LogP contribution < -0.4 is 10.9 Å². The van der Waals surface area contributed by atoms with Gasteiger partial charge in [0.25, 0.3) is 11.5 Å². The Hall–Kier alpha value is -2.36. The molecular formula is C20H24N2O2. The molecular weight excluding hydrogens is 300 g/mol. The molecule has 1 aliphatic rings. The third-order valence-electron chi connectivity index (χ3n) is 4.53. The van der Waals surface area contributed by atoms with Crippen LogP contribution >= 0.6 is 0 Å². The number of amides is 1. The van der Waals surface area contributed by atoms with Gasteiger partial charge in [0.15, 0.2) is 0 Å². The summed E-state index contributed by atoms with van der Waals surface area (Å²) in [5.74, 6) is 0.475. The van der Waals surface area contributed by atoms with Crippen molar-refractivity contribution < 1.29 is 4.79 Å². The molecule has 3 rings (SSSR count). The number of aromatic nitrogens is 1. The van der Waals surface area contributed by atoms with Gasteiger partial charge in [0.1, 0.15) is 0 Å². The smallest absolute Gasteiger partial charge is 0.253 e. The van der Waals surface area contributed by atoms with Gasteiger partial charge in [0.2, 0.25) is 0 Å². The summed E-state index contributed by atoms with van der Waals surface area (Å²) in [6, 6.07) is 11.3. The third kappa shape index (κ3) is 3.28. The van der Waals surface area contributed by atoms with Crippen molar-refractivity contribution in [3.8, 4) is 11.1 Å². The second kappa shape index (κ2) is 7.04. The van der Waals surface area contributed by atoms with Crippen LogP contribution in [0.15, 0.2) is 41.2 Å². The SMILES string of the molecule is CC(C)CCNC(=O)c1c(-c2ccccc2)cc(=O)n2c1CCC2. The van der Waals surface area contributed by atoms with Gasteiger partial charge in [0.05, 0.1) is 5.56 Å². The van der Waals surface area contributed by atoms with Gasteiger partial charge in [-0.3, -0.25) is 9.59 Å². The van der Waals surface area contributed by atoms with Crippen LogP contribution in [0.5, 0.6) is 0 Å². The molecule has 4 heteroatoms. The first-order chi connectivity index (χ1) is 11.6. The van der Waals surface area contributed by atoms with Crippen LogP contribution in [0.2, 0.25) is 0 Å². The van der Waals surface area contributed by atoms with E-state index in [1.54, 1.807) is 10.6 Å². The Morgan fingerprint density at radius 3 is 2.71 bits per heavy atom. The highest BCUT2D eigenvalue weighted by Crippen LogP contribution is 2.28. The largest absolute Gasteiger partial charge is 0.352 e. The van der Waals surface area contributed by atoms with Crippen molar-refractivity contribution in [3.05, 3.63) is 58.0 Å². The molecule has 2 heterocycles. The monoisotopic (exact) mass is 324 g/mol. The molecule has 0 fully saturated rings. The van der Waals surface area contributed by atoms with Gasteiger partial charge in [0, 0.05) is 30.4 Å². The van der Waals surface area contributed by atoms with Gasteiger partial charge >= 0.3 is 0 Å². The van der Waals surface area contributed by atoms with E-state index in [0.29, 0.717) is 24.6 Å². The van der Waals surface area contributed by atoms with E-state index in [1.807, 2.05) is 30.3 Å². The highest BCUT2D eigenvalue weighted by molar-refractivity contribution is 6.02. The van der Waals surface area contributed by atoms with E-state index in [-0.39, 0.29) is 11.5 Å². The minimum absolute atomic E-state index is 0.0138. The molecule has 0 aliphatic carbocycles. The lowest BCUT2D eigenvalue weighted by molar-refractivity contribution is 0.0951. The Kier molecular flexibility index (Phi) is 4.84. The summed E-state index contributed by atoms with van der Waals surface area (Å²) in [5, 5.41) is 3.04. The average molecular weight is 324 g/mol. The Labute approximate surface area is 142 Å². The molecule has 0 unspecified atom stereocenters. The lowest BCUT2D eigenvalue weighted by Crippen LogP contribution is -2.30. The van der Waals surface area contributed by atoms with E-state index in [4.69, 9.17) is 0 Å². The Bertz CT molecular complexity index is 791. The minimum Gasteiger partial charge on any atom is -0.352 e. The van der Waals surface area contributed by atoms with Crippen LogP contribution in [-0.2, 0) is 13.0 Å². The maximum atomic E-state index is 12.9. The molecule has 0 saturated carbocycles. The van der Waals surface area contributed by atoms with E-state index in [9.17, 15) is 9.59 Å². The first-order valence-corrected chi connectivity index (χ1v) is 8.68. The molecule has 0 radical (unpaired) electrons. The molecule has 2 aromatic rings. The molecule has 24 heavy (non-hydrogen) atoms. The van der Waals surface area contributed by atoms with Gasteiger partial charge in [-0.15, -0.1) is 0 Å². The van der Waals surface area contributed by atoms with E-state index in [0.717, 1.165) is 36.1 Å². The van der Waals surface area contributed by atoms with Crippen LogP contribution in [-0.4, -0.2) is 17.0 Å². The zero-order valence-corrected chi connectivity index (χ0v) is 14.3. The fourth-order valence-corrected chi connectivity index (χ4v) is 3.27. The zero-order chi connectivity index (χ0) is 17.1. The number of rotatable bonds is 5. The summed E-state index contributed by atoms with van der Waals surface area (Å²) in [6.07, 6.45) is 2.64. The van der Waals surface area contributed by atoms with Crippen molar-refractivity contribution in [2.75, 3.05) is 6.54 Å². The number of nitrogens with one attached hydrogen (secondary N) is 1. The Balaban J connectivity index is 2.04. The van der Waals surface area contributed by atoms with Gasteiger partial charge in [-0.25, -0.2) is 0 Å². The third-order valence-corrected chi connectivity index (χ3v) is 4.53. The van der Waals surface area contributed by atoms with Crippen LogP contribution in [0.1, 0.15) is 42.7 Å². The molecule has 1 N–H and O–H groups in total. The Morgan fingerprint density at radius 2 is 2.00 bits per heavy atom. The molecule has 4 nitrogen and oxygen atoms in total. The summed E-state index contributed by atoms with van der Waals surface area (Å²) >= 11 is 0. The van der Waals surface area contributed by atoms with E-state index in [1.165, 1.54) is 0 Å². The number of hydrogen-bond acceptors (Lipinski definition) is 2. The van der Waals surface area contributed by atoms with Crippen LogP contribution in [0.3, 0.4) is 0 Å². The maximum absolute atomic E-state index is 12.9. The van der Waals surface area contributed by atoms with Crippen molar-refractivity contribution in [2.45, 2.75) is 39.7 Å². The number of pyridine rings is 1. The lowest BCUT2D eigenvalue weighted by atomic mass is 9.97. The highest BCUT2D eigenvalue weighted by Gasteiger charge is 2.24. The van der Waals surface area contributed by atoms with Crippen molar-refractivity contribution in [3.63, 3.8) is 0 Å². The first-order valence-electron chi connectivity index (χ1n) is 8.68. The summed E-state index contributed by atoms with van der Waals surface area (Å²) in [4.78, 5) is 25.3. The van der Waals surface area contributed by atoms with Crippen molar-refractivity contribution in [2.24, 2.45) is 5.92 Å². The molecule has 0 saturated heterocycles. The maximum Gasteiger partial charge on any atom is 0.253 e. The average Bonchev–Trinajstić information content (AvgIpc) is 3.05. The number of nitrogens with zero attached hydrogens (tertiary/aromatic N) is 1. The quantitative estimate of drug-likeness (QED) is 0.918. The number of carbonyl (C=O) groups is 1. The fraction of sp³-hybridized carbons (Fsp3) is 0.400. The number of benzene rings is 1. The Morgan fingerprint density at radius 1 is 1.25 bits per heavy atom. The topological polar surface area (TPSA) is 51.1 Å². The minimum atomic E-state index is -0.0693. The normalized spacial score (nSPS) is 13.1. The first kappa shape index (κ1) is 16.5. The van der Waals surface area contributed by atoms with Crippen molar-refractivity contribution in [1.29, 1.82) is 0 Å². The molecule has 0 spiro atoms. The van der Waals surface area contributed by atoms with Crippen LogP contribution in [0, 0.1) is 5.92 Å². The van der Waals surface area contributed by atoms with E-state index < -0.39 is 0 Å². The van der Waals surface area contributed by atoms with Gasteiger partial charge in [-0.05, 0) is 30.7 Å². The van der Waals surface area contributed by atoms with Gasteiger partial charge in [-0.2, -0.15) is 0 Å². The summed E-state index contributed by atoms with van der Waals surface area (Å²) < 4.78 is 1.75. The molecule has 1 aromatic heterocycles. The molecule has 126 valence electrons. The summed E-state index contributed by atoms with van der Waals surface area (Å²) in [6.45, 7) is 5.64. The van der Waals surface area contributed by atoms with E-state index in [2.05, 4.69) is 19.2 Å². The van der Waals surface area contributed by atoms with Crippen molar-refractivity contribution in [1.82, 2.24) is 9.88 Å². The molecule has 1 amide bonds. The summed E-state index contributed by atoms with van der Waals surface area (Å²) in [7, 11) is 0. The highest BCUT2D eigenvalue weighted by atomic mass is 16.2. The molecule has 0 atom stereocenters. The van der Waals surface area contributed by atoms with Crippen LogP contribution in [0.4, 0.5) is 0 Å². The number of carbonyl (C=O) groups excluding carboxylic acids is 1. The van der Waals surface area contributed by atoms with Gasteiger partial charge in [-0.1, -0.05) is 44.2 Å². The standard InChI is InChI=1S/C20H24N2O2/c1-14(2)10-11-21-20(24)19-16(15-7-4-3-5-8-15)13-18(23)22-12-6-9-17(19)22/h3-5,7-8,13-14H,6,9-12H2,1-2H3,(H,21,24). The number of hydrogen-bond donors (Lipinski definition) is 1. The second-order valence-electron chi connectivity index (χ2n) is 6.78. The number of fused-ring (bicyclic) bond motifs is 1. The molecule has 0 bridgehead atoms. The van der Waals surface area contributed by atoms with E-state index >= 15 is 0 Å².